The van der Waals surface area contributed by atoms with Crippen LogP contribution in [0.25, 0.3) is 0 Å². The first-order valence-electron chi connectivity index (χ1n) is 4.24. The molecule has 1 spiro atoms. The maximum absolute atomic E-state index is 11.1. The third-order valence-electron chi connectivity index (χ3n) is 2.89. The predicted molar refractivity (Wildman–Crippen MR) is 47.4 cm³/mol. The second kappa shape index (κ2) is 2.60. The van der Waals surface area contributed by atoms with Gasteiger partial charge < -0.3 is 0 Å². The van der Waals surface area contributed by atoms with Crippen LogP contribution in [0.5, 0.6) is 0 Å². The summed E-state index contributed by atoms with van der Waals surface area (Å²) in [4.78, 5) is 11.1. The minimum absolute atomic E-state index is 0.346. The molecule has 1 saturated carbocycles. The average molecular weight is 224 g/mol. The highest BCUT2D eigenvalue weighted by Gasteiger charge is 2.57. The number of hydrogen-bond donors (Lipinski definition) is 0. The van der Waals surface area contributed by atoms with Gasteiger partial charge in [0.05, 0.1) is 12.0 Å². The summed E-state index contributed by atoms with van der Waals surface area (Å²) in [5, 5.41) is 0. The summed E-state index contributed by atoms with van der Waals surface area (Å²) in [6.45, 7) is 0. The van der Waals surface area contributed by atoms with Crippen molar-refractivity contribution < 1.29 is 13.2 Å². The lowest BCUT2D eigenvalue weighted by molar-refractivity contribution is -0.144. The molecular formula is C7H10ClNO3S. The van der Waals surface area contributed by atoms with Crippen LogP contribution in [0.1, 0.15) is 32.1 Å². The molecule has 0 aromatic rings. The fraction of sp³-hybridized carbons (Fsp3) is 0.857. The van der Waals surface area contributed by atoms with Crippen molar-refractivity contribution in [1.82, 2.24) is 4.31 Å². The van der Waals surface area contributed by atoms with E-state index in [9.17, 15) is 13.2 Å². The number of halogens is 1. The van der Waals surface area contributed by atoms with Crippen molar-refractivity contribution >= 4 is 25.8 Å². The van der Waals surface area contributed by atoms with E-state index in [0.717, 1.165) is 30.0 Å². The van der Waals surface area contributed by atoms with Crippen molar-refractivity contribution in [3.63, 3.8) is 0 Å². The van der Waals surface area contributed by atoms with E-state index in [-0.39, 0.29) is 5.91 Å². The highest BCUT2D eigenvalue weighted by atomic mass is 35.7. The Morgan fingerprint density at radius 2 is 1.85 bits per heavy atom. The fourth-order valence-corrected chi connectivity index (χ4v) is 4.05. The van der Waals surface area contributed by atoms with Gasteiger partial charge in [0, 0.05) is 10.7 Å². The number of hydrogen-bond acceptors (Lipinski definition) is 3. The molecule has 2 aliphatic rings. The van der Waals surface area contributed by atoms with Crippen LogP contribution in [-0.4, -0.2) is 24.2 Å². The van der Waals surface area contributed by atoms with Crippen molar-refractivity contribution in [2.45, 2.75) is 37.6 Å². The number of β-lactam (4-membered cyclic amide) rings is 1. The lowest BCUT2D eigenvalue weighted by atomic mass is 9.85. The lowest BCUT2D eigenvalue weighted by Gasteiger charge is -2.46. The Morgan fingerprint density at radius 3 is 2.23 bits per heavy atom. The van der Waals surface area contributed by atoms with Crippen molar-refractivity contribution in [2.75, 3.05) is 0 Å². The molecule has 1 saturated heterocycles. The van der Waals surface area contributed by atoms with Gasteiger partial charge in [0.25, 0.3) is 0 Å². The van der Waals surface area contributed by atoms with Crippen LogP contribution in [0.2, 0.25) is 0 Å². The van der Waals surface area contributed by atoms with Gasteiger partial charge in [-0.1, -0.05) is 12.8 Å². The second-order valence-corrected chi connectivity index (χ2v) is 6.07. The number of carbonyl (C=O) groups is 1. The van der Waals surface area contributed by atoms with Crippen molar-refractivity contribution in [1.29, 1.82) is 0 Å². The number of amides is 1. The summed E-state index contributed by atoms with van der Waals surface area (Å²) in [5.41, 5.74) is -0.447. The van der Waals surface area contributed by atoms with E-state index in [4.69, 9.17) is 10.7 Å². The Balaban J connectivity index is 2.31. The summed E-state index contributed by atoms with van der Waals surface area (Å²) in [6, 6.07) is 0. The summed E-state index contributed by atoms with van der Waals surface area (Å²) < 4.78 is 23.0. The Bertz CT molecular complexity index is 345. The first-order chi connectivity index (χ1) is 5.96. The van der Waals surface area contributed by atoms with E-state index >= 15 is 0 Å². The van der Waals surface area contributed by atoms with E-state index < -0.39 is 14.8 Å². The Labute approximate surface area is 81.4 Å². The van der Waals surface area contributed by atoms with Gasteiger partial charge in [0.2, 0.25) is 5.91 Å². The molecule has 1 heterocycles. The first-order valence-corrected chi connectivity index (χ1v) is 6.50. The molecule has 0 aromatic heterocycles. The van der Waals surface area contributed by atoms with E-state index in [1.807, 2.05) is 0 Å². The molecule has 1 aliphatic carbocycles. The molecule has 6 heteroatoms. The maximum Gasteiger partial charge on any atom is 0.324 e. The van der Waals surface area contributed by atoms with Crippen LogP contribution in [-0.2, 0) is 14.0 Å². The zero-order valence-corrected chi connectivity index (χ0v) is 8.57. The monoisotopic (exact) mass is 223 g/mol. The number of carbonyl (C=O) groups excluding carboxylic acids is 1. The SMILES string of the molecule is O=C1CC2(CCCC2)N1S(=O)(=O)Cl. The molecule has 0 aromatic carbocycles. The van der Waals surface area contributed by atoms with Gasteiger partial charge in [-0.3, -0.25) is 4.79 Å². The van der Waals surface area contributed by atoms with Gasteiger partial charge in [0.15, 0.2) is 0 Å². The first kappa shape index (κ1) is 9.27. The third-order valence-corrected chi connectivity index (χ3v) is 4.33. The van der Waals surface area contributed by atoms with Gasteiger partial charge in [-0.2, -0.15) is 8.42 Å². The molecule has 4 nitrogen and oxygen atoms in total. The lowest BCUT2D eigenvalue weighted by Crippen LogP contribution is -2.62. The molecule has 0 radical (unpaired) electrons. The summed E-state index contributed by atoms with van der Waals surface area (Å²) in [6.07, 6.45) is 3.85. The highest BCUT2D eigenvalue weighted by molar-refractivity contribution is 8.12. The zero-order valence-electron chi connectivity index (χ0n) is 6.99. The molecule has 74 valence electrons. The molecule has 0 unspecified atom stereocenters. The van der Waals surface area contributed by atoms with Crippen LogP contribution in [0, 0.1) is 0 Å². The summed E-state index contributed by atoms with van der Waals surface area (Å²) in [7, 11) is 1.33. The molecule has 13 heavy (non-hydrogen) atoms. The fourth-order valence-electron chi connectivity index (χ4n) is 2.36. The van der Waals surface area contributed by atoms with Crippen LogP contribution < -0.4 is 0 Å². The van der Waals surface area contributed by atoms with Crippen LogP contribution >= 0.6 is 10.7 Å². The maximum atomic E-state index is 11.1. The molecule has 2 rings (SSSR count). The van der Waals surface area contributed by atoms with Crippen molar-refractivity contribution in [3.8, 4) is 0 Å². The standard InChI is InChI=1S/C7H10ClNO3S/c8-13(11,12)9-6(10)5-7(9)3-1-2-4-7/h1-5H2. The second-order valence-electron chi connectivity index (χ2n) is 3.71. The Kier molecular flexibility index (Phi) is 1.86. The van der Waals surface area contributed by atoms with Crippen LogP contribution in [0.4, 0.5) is 0 Å². The van der Waals surface area contributed by atoms with E-state index in [1.165, 1.54) is 0 Å². The molecule has 1 aliphatic heterocycles. The summed E-state index contributed by atoms with van der Waals surface area (Å²) in [5.74, 6) is -0.364. The minimum Gasteiger partial charge on any atom is -0.274 e. The number of nitrogens with zero attached hydrogens (tertiary/aromatic N) is 1. The van der Waals surface area contributed by atoms with Crippen LogP contribution in [0.3, 0.4) is 0 Å². The molecule has 1 amide bonds. The van der Waals surface area contributed by atoms with Gasteiger partial charge in [-0.15, -0.1) is 0 Å². The van der Waals surface area contributed by atoms with E-state index in [0.29, 0.717) is 6.42 Å². The smallest absolute Gasteiger partial charge is 0.274 e. The topological polar surface area (TPSA) is 54.5 Å². The molecule has 2 fully saturated rings. The summed E-state index contributed by atoms with van der Waals surface area (Å²) >= 11 is 0. The van der Waals surface area contributed by atoms with Gasteiger partial charge in [0.1, 0.15) is 0 Å². The minimum atomic E-state index is -3.85. The molecular weight excluding hydrogens is 214 g/mol. The average Bonchev–Trinajstić information content (AvgIpc) is 2.32. The van der Waals surface area contributed by atoms with Gasteiger partial charge in [-0.25, -0.2) is 4.31 Å². The van der Waals surface area contributed by atoms with Crippen LogP contribution in [0.15, 0.2) is 0 Å². The molecule has 0 atom stereocenters. The third kappa shape index (κ3) is 1.25. The number of rotatable bonds is 1. The normalized spacial score (nSPS) is 26.5. The van der Waals surface area contributed by atoms with E-state index in [1.54, 1.807) is 0 Å². The van der Waals surface area contributed by atoms with Crippen molar-refractivity contribution in [3.05, 3.63) is 0 Å². The van der Waals surface area contributed by atoms with Gasteiger partial charge >= 0.3 is 9.24 Å². The molecule has 0 bridgehead atoms. The Morgan fingerprint density at radius 1 is 1.31 bits per heavy atom. The molecule has 0 N–H and O–H groups in total. The van der Waals surface area contributed by atoms with E-state index in [2.05, 4.69) is 0 Å². The predicted octanol–water partition coefficient (Wildman–Crippen LogP) is 1.02. The van der Waals surface area contributed by atoms with Gasteiger partial charge in [-0.05, 0) is 12.8 Å². The Hall–Kier alpha value is -0.290. The quantitative estimate of drug-likeness (QED) is 0.493. The highest BCUT2D eigenvalue weighted by Crippen LogP contribution is 2.47. The largest absolute Gasteiger partial charge is 0.324 e. The van der Waals surface area contributed by atoms with Crippen molar-refractivity contribution in [2.24, 2.45) is 0 Å². The zero-order chi connectivity index (χ0) is 9.69.